The summed E-state index contributed by atoms with van der Waals surface area (Å²) in [5.74, 6) is -1.03. The van der Waals surface area contributed by atoms with Crippen LogP contribution in [0.2, 0.25) is 5.02 Å². The van der Waals surface area contributed by atoms with Gasteiger partial charge in [0.2, 0.25) is 0 Å². The summed E-state index contributed by atoms with van der Waals surface area (Å²) < 4.78 is 16.4. The molecule has 4 rings (SSSR count). The summed E-state index contributed by atoms with van der Waals surface area (Å²) in [7, 11) is 0. The molecule has 1 fully saturated rings. The molecule has 3 aromatic rings. The molecule has 1 heterocycles. The molecule has 0 aliphatic heterocycles. The number of aromatic nitrogens is 1. The zero-order valence-corrected chi connectivity index (χ0v) is 18.8. The van der Waals surface area contributed by atoms with Gasteiger partial charge in [-0.2, -0.15) is 0 Å². The van der Waals surface area contributed by atoms with Crippen molar-refractivity contribution in [2.75, 3.05) is 5.32 Å². The summed E-state index contributed by atoms with van der Waals surface area (Å²) in [6.07, 6.45) is 1.62. The number of carbonyl (C=O) groups is 1. The second-order valence-corrected chi connectivity index (χ2v) is 9.80. The number of carbonyl (C=O) groups excluding carboxylic acids is 1. The Morgan fingerprint density at radius 2 is 2.07 bits per heavy atom. The van der Waals surface area contributed by atoms with E-state index in [0.29, 0.717) is 22.2 Å². The van der Waals surface area contributed by atoms with Crippen molar-refractivity contribution in [3.8, 4) is 0 Å². The van der Waals surface area contributed by atoms with Gasteiger partial charge in [0.1, 0.15) is 5.82 Å². The van der Waals surface area contributed by atoms with Gasteiger partial charge in [-0.25, -0.2) is 9.18 Å². The fraction of sp³-hybridized carbons (Fsp3) is 0.286. The molecule has 156 valence electrons. The molecule has 0 radical (unpaired) electrons. The maximum atomic E-state index is 13.4. The molecule has 1 atom stereocenters. The number of aryl methyl sites for hydroxylation is 1. The van der Waals surface area contributed by atoms with Gasteiger partial charge in [0.25, 0.3) is 5.91 Å². The topological polar surface area (TPSA) is 92.4 Å². The summed E-state index contributed by atoms with van der Waals surface area (Å²) in [5, 5.41) is 18.5. The molecule has 6 nitrogen and oxygen atoms in total. The van der Waals surface area contributed by atoms with E-state index in [-0.39, 0.29) is 11.4 Å². The first-order valence-electron chi connectivity index (χ1n) is 9.20. The van der Waals surface area contributed by atoms with Gasteiger partial charge >= 0.3 is 5.63 Å². The van der Waals surface area contributed by atoms with E-state index < -0.39 is 26.4 Å². The predicted octanol–water partition coefficient (Wildman–Crippen LogP) is 4.47. The molecule has 1 unspecified atom stereocenters. The molecule has 1 aromatic heterocycles. The molecule has 0 saturated heterocycles. The Labute approximate surface area is 189 Å². The Morgan fingerprint density at radius 1 is 1.33 bits per heavy atom. The van der Waals surface area contributed by atoms with Crippen LogP contribution in [-0.2, 0) is 10.2 Å². The number of nitrogens with one attached hydrogen (secondary N) is 1. The summed E-state index contributed by atoms with van der Waals surface area (Å²) >= 11 is 7.93. The SMILES string of the molecule is Cc1noc(=O)c2ccc(NC(=O)C(O)(I)CC3(c4ccc(F)cc4Cl)CC3)cc12. The molecule has 0 spiro atoms. The second kappa shape index (κ2) is 7.58. The van der Waals surface area contributed by atoms with Crippen molar-refractivity contribution in [2.45, 2.75) is 35.2 Å². The summed E-state index contributed by atoms with van der Waals surface area (Å²) in [6, 6.07) is 8.90. The quantitative estimate of drug-likeness (QED) is 0.367. The van der Waals surface area contributed by atoms with E-state index in [0.717, 1.165) is 18.4 Å². The average molecular weight is 543 g/mol. The van der Waals surface area contributed by atoms with Crippen molar-refractivity contribution in [3.05, 3.63) is 68.9 Å². The van der Waals surface area contributed by atoms with E-state index in [1.807, 2.05) is 0 Å². The average Bonchev–Trinajstić information content (AvgIpc) is 3.44. The lowest BCUT2D eigenvalue weighted by Crippen LogP contribution is -2.40. The number of alkyl halides is 1. The minimum absolute atomic E-state index is 0.134. The number of fused-ring (bicyclic) bond motifs is 1. The molecule has 1 amide bonds. The third-order valence-corrected chi connectivity index (χ3v) is 6.61. The van der Waals surface area contributed by atoms with E-state index >= 15 is 0 Å². The molecule has 1 aliphatic rings. The fourth-order valence-electron chi connectivity index (χ4n) is 3.67. The third kappa shape index (κ3) is 3.95. The minimum Gasteiger partial charge on any atom is -0.371 e. The van der Waals surface area contributed by atoms with Crippen LogP contribution in [0.3, 0.4) is 0 Å². The predicted molar refractivity (Wildman–Crippen MR) is 120 cm³/mol. The monoisotopic (exact) mass is 542 g/mol. The van der Waals surface area contributed by atoms with Crippen LogP contribution in [0.15, 0.2) is 45.7 Å². The first-order valence-corrected chi connectivity index (χ1v) is 10.7. The largest absolute Gasteiger partial charge is 0.371 e. The van der Waals surface area contributed by atoms with Crippen molar-refractivity contribution < 1.29 is 18.8 Å². The molecular weight excluding hydrogens is 526 g/mol. The molecule has 1 saturated carbocycles. The van der Waals surface area contributed by atoms with Crippen molar-refractivity contribution in [2.24, 2.45) is 0 Å². The highest BCUT2D eigenvalue weighted by atomic mass is 127. The molecule has 0 bridgehead atoms. The lowest BCUT2D eigenvalue weighted by Gasteiger charge is -2.27. The minimum atomic E-state index is -1.72. The maximum absolute atomic E-state index is 13.4. The summed E-state index contributed by atoms with van der Waals surface area (Å²) in [6.45, 7) is 1.69. The normalized spacial score (nSPS) is 16.8. The highest BCUT2D eigenvalue weighted by Crippen LogP contribution is 2.56. The molecule has 2 N–H and O–H groups in total. The lowest BCUT2D eigenvalue weighted by atomic mass is 9.89. The Balaban J connectivity index is 1.56. The molecule has 2 aromatic carbocycles. The van der Waals surface area contributed by atoms with E-state index in [1.54, 1.807) is 53.8 Å². The number of hydrogen-bond donors (Lipinski definition) is 2. The summed E-state index contributed by atoms with van der Waals surface area (Å²) in [4.78, 5) is 24.6. The van der Waals surface area contributed by atoms with Gasteiger partial charge in [0, 0.05) is 27.9 Å². The highest BCUT2D eigenvalue weighted by molar-refractivity contribution is 14.1. The van der Waals surface area contributed by atoms with Crippen molar-refractivity contribution >= 4 is 56.6 Å². The number of amides is 1. The number of aliphatic hydroxyl groups is 1. The van der Waals surface area contributed by atoms with E-state index in [4.69, 9.17) is 16.1 Å². The number of anilines is 1. The van der Waals surface area contributed by atoms with Gasteiger partial charge < -0.3 is 14.9 Å². The molecule has 1 aliphatic carbocycles. The van der Waals surface area contributed by atoms with Crippen LogP contribution in [0.5, 0.6) is 0 Å². The van der Waals surface area contributed by atoms with Gasteiger partial charge in [-0.05, 0) is 78.3 Å². The standard InChI is InChI=1S/C21H17ClFIN2O4/c1-11-15-9-13(3-4-14(15)18(27)30-26-11)25-19(28)21(24,29)10-20(6-7-20)16-5-2-12(23)8-17(16)22/h2-5,8-9,29H,6-7,10H2,1H3,(H,25,28). The molecular formula is C21H17ClFIN2O4. The van der Waals surface area contributed by atoms with Gasteiger partial charge in [-0.1, -0.05) is 22.8 Å². The lowest BCUT2D eigenvalue weighted by molar-refractivity contribution is -0.125. The van der Waals surface area contributed by atoms with Crippen molar-refractivity contribution in [1.29, 1.82) is 0 Å². The first-order chi connectivity index (χ1) is 14.1. The number of nitrogens with zero attached hydrogens (tertiary/aromatic N) is 1. The molecule has 30 heavy (non-hydrogen) atoms. The van der Waals surface area contributed by atoms with Gasteiger partial charge in [0.15, 0.2) is 3.61 Å². The Kier molecular flexibility index (Phi) is 5.36. The van der Waals surface area contributed by atoms with Crippen molar-refractivity contribution in [1.82, 2.24) is 5.16 Å². The zero-order valence-electron chi connectivity index (χ0n) is 15.8. The number of hydrogen-bond acceptors (Lipinski definition) is 5. The smallest absolute Gasteiger partial charge is 0.366 e. The van der Waals surface area contributed by atoms with Crippen LogP contribution >= 0.6 is 34.2 Å². The van der Waals surface area contributed by atoms with E-state index in [1.165, 1.54) is 12.1 Å². The Morgan fingerprint density at radius 3 is 2.73 bits per heavy atom. The fourth-order valence-corrected chi connectivity index (χ4v) is 4.91. The van der Waals surface area contributed by atoms with Gasteiger partial charge in [-0.3, -0.25) is 4.79 Å². The van der Waals surface area contributed by atoms with Crippen LogP contribution in [0.4, 0.5) is 10.1 Å². The van der Waals surface area contributed by atoms with Crippen LogP contribution in [0.1, 0.15) is 30.5 Å². The third-order valence-electron chi connectivity index (χ3n) is 5.43. The van der Waals surface area contributed by atoms with Crippen molar-refractivity contribution in [3.63, 3.8) is 0 Å². The first kappa shape index (κ1) is 21.2. The van der Waals surface area contributed by atoms with Crippen LogP contribution in [-0.4, -0.2) is 19.8 Å². The summed E-state index contributed by atoms with van der Waals surface area (Å²) in [5.41, 5.74) is 0.621. The number of benzene rings is 2. The van der Waals surface area contributed by atoms with Gasteiger partial charge in [0.05, 0.1) is 11.1 Å². The van der Waals surface area contributed by atoms with Gasteiger partial charge in [-0.15, -0.1) is 0 Å². The Bertz CT molecular complexity index is 1220. The second-order valence-electron chi connectivity index (χ2n) is 7.61. The molecule has 9 heteroatoms. The van der Waals surface area contributed by atoms with Crippen LogP contribution in [0.25, 0.3) is 10.8 Å². The Hall–Kier alpha value is -2.04. The highest BCUT2D eigenvalue weighted by Gasteiger charge is 2.52. The van der Waals surface area contributed by atoms with Crippen LogP contribution in [0, 0.1) is 12.7 Å². The van der Waals surface area contributed by atoms with E-state index in [2.05, 4.69) is 10.5 Å². The van der Waals surface area contributed by atoms with Crippen LogP contribution < -0.4 is 10.9 Å². The number of halogens is 3. The maximum Gasteiger partial charge on any atom is 0.366 e. The van der Waals surface area contributed by atoms with E-state index in [9.17, 15) is 19.1 Å². The zero-order chi connectivity index (χ0) is 21.7. The number of rotatable bonds is 5.